The number of allylic oxidation sites excluding steroid dienone is 4. The molecule has 0 N–H and O–H groups in total. The van der Waals surface area contributed by atoms with E-state index in [2.05, 4.69) is 17.3 Å². The Bertz CT molecular complexity index is 665. The molecule has 0 bridgehead atoms. The molecule has 2 nitrogen and oxygen atoms in total. The number of aryl methyl sites for hydroxylation is 2. The third-order valence-corrected chi connectivity index (χ3v) is 3.79. The zero-order chi connectivity index (χ0) is 14.1. The third-order valence-electron chi connectivity index (χ3n) is 3.79. The van der Waals surface area contributed by atoms with Gasteiger partial charge in [-0.3, -0.25) is 0 Å². The summed E-state index contributed by atoms with van der Waals surface area (Å²) in [7, 11) is 0. The first-order valence-electron chi connectivity index (χ1n) is 6.70. The lowest BCUT2D eigenvalue weighted by molar-refractivity contribution is 0.391. The average molecular weight is 269 g/mol. The van der Waals surface area contributed by atoms with Crippen LogP contribution < -0.4 is 0 Å². The molecule has 0 aliphatic heterocycles. The van der Waals surface area contributed by atoms with E-state index in [-0.39, 0.29) is 17.7 Å². The van der Waals surface area contributed by atoms with Crippen molar-refractivity contribution in [2.24, 2.45) is 0 Å². The Balaban J connectivity index is 2.05. The van der Waals surface area contributed by atoms with Crippen LogP contribution in [0.15, 0.2) is 53.1 Å². The predicted octanol–water partition coefficient (Wildman–Crippen LogP) is 4.42. The van der Waals surface area contributed by atoms with Crippen LogP contribution in [0.2, 0.25) is 0 Å². The second kappa shape index (κ2) is 5.08. The first-order valence-corrected chi connectivity index (χ1v) is 6.70. The minimum absolute atomic E-state index is 0.104. The Hall–Kier alpha value is -2.16. The van der Waals surface area contributed by atoms with E-state index in [4.69, 9.17) is 4.52 Å². The summed E-state index contributed by atoms with van der Waals surface area (Å²) < 4.78 is 18.8. The molecule has 3 rings (SSSR count). The Kier molecular flexibility index (Phi) is 3.26. The summed E-state index contributed by atoms with van der Waals surface area (Å²) in [6.45, 7) is 3.87. The summed E-state index contributed by atoms with van der Waals surface area (Å²) >= 11 is 0. The van der Waals surface area contributed by atoms with Crippen LogP contribution in [0.1, 0.15) is 34.4 Å². The quantitative estimate of drug-likeness (QED) is 0.806. The highest BCUT2D eigenvalue weighted by Gasteiger charge is 2.27. The van der Waals surface area contributed by atoms with E-state index in [1.807, 2.05) is 32.1 Å². The number of nitrogens with zero attached hydrogens (tertiary/aromatic N) is 1. The molecule has 20 heavy (non-hydrogen) atoms. The molecule has 1 aliphatic carbocycles. The molecule has 102 valence electrons. The molecule has 3 heteroatoms. The van der Waals surface area contributed by atoms with Crippen LogP contribution in [0.4, 0.5) is 4.39 Å². The third kappa shape index (κ3) is 2.20. The molecule has 1 heterocycles. The van der Waals surface area contributed by atoms with Crippen molar-refractivity contribution in [2.75, 3.05) is 0 Å². The van der Waals surface area contributed by atoms with Crippen LogP contribution in [0.3, 0.4) is 0 Å². The molecule has 2 aromatic rings. The minimum atomic E-state index is -0.206. The van der Waals surface area contributed by atoms with Crippen LogP contribution in [0.25, 0.3) is 0 Å². The van der Waals surface area contributed by atoms with Crippen LogP contribution >= 0.6 is 0 Å². The van der Waals surface area contributed by atoms with Crippen molar-refractivity contribution in [3.05, 3.63) is 77.0 Å². The maximum Gasteiger partial charge on any atom is 0.137 e. The van der Waals surface area contributed by atoms with Gasteiger partial charge in [0.1, 0.15) is 11.6 Å². The van der Waals surface area contributed by atoms with Crippen molar-refractivity contribution in [2.45, 2.75) is 25.7 Å². The summed E-state index contributed by atoms with van der Waals surface area (Å²) in [5, 5.41) is 4.03. The van der Waals surface area contributed by atoms with Crippen molar-refractivity contribution in [3.63, 3.8) is 0 Å². The largest absolute Gasteiger partial charge is 0.361 e. The van der Waals surface area contributed by atoms with Crippen molar-refractivity contribution < 1.29 is 8.91 Å². The lowest BCUT2D eigenvalue weighted by atomic mass is 9.78. The summed E-state index contributed by atoms with van der Waals surface area (Å²) in [4.78, 5) is 0. The van der Waals surface area contributed by atoms with Gasteiger partial charge in [0.05, 0.1) is 5.69 Å². The average Bonchev–Trinajstić information content (AvgIpc) is 2.78. The molecule has 1 aromatic carbocycles. The fraction of sp³-hybridized carbons (Fsp3) is 0.235. The highest BCUT2D eigenvalue weighted by molar-refractivity contribution is 5.41. The topological polar surface area (TPSA) is 26.0 Å². The van der Waals surface area contributed by atoms with Crippen LogP contribution in [0.5, 0.6) is 0 Å². The van der Waals surface area contributed by atoms with E-state index in [1.54, 1.807) is 12.1 Å². The van der Waals surface area contributed by atoms with E-state index >= 15 is 0 Å². The zero-order valence-corrected chi connectivity index (χ0v) is 11.5. The Morgan fingerprint density at radius 1 is 1.10 bits per heavy atom. The number of hydrogen-bond acceptors (Lipinski definition) is 2. The lowest BCUT2D eigenvalue weighted by Gasteiger charge is -2.24. The van der Waals surface area contributed by atoms with Gasteiger partial charge in [0.2, 0.25) is 0 Å². The molecule has 0 saturated carbocycles. The molecular formula is C17H16FNO. The van der Waals surface area contributed by atoms with Gasteiger partial charge in [-0.2, -0.15) is 0 Å². The second-order valence-electron chi connectivity index (χ2n) is 5.11. The van der Waals surface area contributed by atoms with Gasteiger partial charge in [-0.15, -0.1) is 0 Å². The Labute approximate surface area is 117 Å². The zero-order valence-electron chi connectivity index (χ0n) is 11.5. The van der Waals surface area contributed by atoms with Crippen molar-refractivity contribution in [1.82, 2.24) is 5.16 Å². The number of rotatable bonds is 2. The summed E-state index contributed by atoms with van der Waals surface area (Å²) in [6.07, 6.45) is 8.25. The van der Waals surface area contributed by atoms with Crippen LogP contribution in [-0.2, 0) is 0 Å². The second-order valence-corrected chi connectivity index (χ2v) is 5.11. The molecule has 2 atom stereocenters. The van der Waals surface area contributed by atoms with Gasteiger partial charge in [0.15, 0.2) is 0 Å². The molecule has 2 unspecified atom stereocenters. The van der Waals surface area contributed by atoms with Crippen molar-refractivity contribution in [3.8, 4) is 0 Å². The van der Waals surface area contributed by atoms with Gasteiger partial charge in [0, 0.05) is 17.4 Å². The van der Waals surface area contributed by atoms with Gasteiger partial charge >= 0.3 is 0 Å². The lowest BCUT2D eigenvalue weighted by Crippen LogP contribution is -2.11. The first kappa shape index (κ1) is 12.9. The summed E-state index contributed by atoms with van der Waals surface area (Å²) in [5.74, 6) is 0.859. The molecule has 0 amide bonds. The van der Waals surface area contributed by atoms with Gasteiger partial charge in [-0.25, -0.2) is 4.39 Å². The van der Waals surface area contributed by atoms with Crippen molar-refractivity contribution >= 4 is 0 Å². The molecule has 0 fully saturated rings. The normalized spacial score (nSPS) is 21.4. The SMILES string of the molecule is Cc1noc(C)c1C1C=CC=CC1c1cccc(F)c1. The fourth-order valence-electron chi connectivity index (χ4n) is 2.88. The number of hydrogen-bond donors (Lipinski definition) is 0. The highest BCUT2D eigenvalue weighted by Crippen LogP contribution is 2.40. The fourth-order valence-corrected chi connectivity index (χ4v) is 2.88. The van der Waals surface area contributed by atoms with E-state index in [9.17, 15) is 4.39 Å². The number of aromatic nitrogens is 1. The number of halogens is 1. The van der Waals surface area contributed by atoms with Gasteiger partial charge in [0.25, 0.3) is 0 Å². The highest BCUT2D eigenvalue weighted by atomic mass is 19.1. The molecular weight excluding hydrogens is 253 g/mol. The summed E-state index contributed by atoms with van der Waals surface area (Å²) in [6, 6.07) is 6.78. The van der Waals surface area contributed by atoms with Crippen LogP contribution in [-0.4, -0.2) is 5.16 Å². The maximum absolute atomic E-state index is 13.5. The van der Waals surface area contributed by atoms with E-state index in [0.29, 0.717) is 0 Å². The summed E-state index contributed by atoms with van der Waals surface area (Å²) in [5.41, 5.74) is 2.96. The Morgan fingerprint density at radius 3 is 2.50 bits per heavy atom. The Morgan fingerprint density at radius 2 is 1.85 bits per heavy atom. The van der Waals surface area contributed by atoms with Gasteiger partial charge < -0.3 is 4.52 Å². The smallest absolute Gasteiger partial charge is 0.137 e. The van der Waals surface area contributed by atoms with E-state index in [1.165, 1.54) is 6.07 Å². The monoisotopic (exact) mass is 269 g/mol. The molecule has 1 aromatic heterocycles. The van der Waals surface area contributed by atoms with Crippen LogP contribution in [0, 0.1) is 19.7 Å². The molecule has 0 radical (unpaired) electrons. The van der Waals surface area contributed by atoms with Crippen molar-refractivity contribution in [1.29, 1.82) is 0 Å². The van der Waals surface area contributed by atoms with Gasteiger partial charge in [-0.1, -0.05) is 41.6 Å². The molecule has 0 saturated heterocycles. The molecule has 0 spiro atoms. The molecule has 1 aliphatic rings. The minimum Gasteiger partial charge on any atom is -0.361 e. The predicted molar refractivity (Wildman–Crippen MR) is 76.1 cm³/mol. The van der Waals surface area contributed by atoms with Gasteiger partial charge in [-0.05, 0) is 31.5 Å². The standard InChI is InChI=1S/C17H16FNO/c1-11-17(12(2)20-19-11)16-9-4-3-8-15(16)13-6-5-7-14(18)10-13/h3-10,15-16H,1-2H3. The van der Waals surface area contributed by atoms with E-state index < -0.39 is 0 Å². The van der Waals surface area contributed by atoms with E-state index in [0.717, 1.165) is 22.6 Å². The first-order chi connectivity index (χ1) is 9.66. The number of benzene rings is 1. The maximum atomic E-state index is 13.5.